The predicted octanol–water partition coefficient (Wildman–Crippen LogP) is 3.95. The number of ether oxygens (including phenoxy) is 2. The molecule has 1 aliphatic rings. The molecule has 1 aromatic carbocycles. The minimum absolute atomic E-state index is 0.00943. The zero-order valence-electron chi connectivity index (χ0n) is 14.6. The second-order valence-corrected chi connectivity index (χ2v) is 7.07. The summed E-state index contributed by atoms with van der Waals surface area (Å²) in [5, 5.41) is 0. The monoisotopic (exact) mass is 359 g/mol. The van der Waals surface area contributed by atoms with Crippen molar-refractivity contribution in [1.82, 2.24) is 4.90 Å². The molecule has 1 aromatic heterocycles. The molecule has 2 aromatic rings. The maximum Gasteiger partial charge on any atom is 0.264 e. The first kappa shape index (κ1) is 17.5. The summed E-state index contributed by atoms with van der Waals surface area (Å²) >= 11 is 1.26. The zero-order chi connectivity index (χ0) is 18.0. The van der Waals surface area contributed by atoms with Crippen molar-refractivity contribution in [2.24, 2.45) is 0 Å². The van der Waals surface area contributed by atoms with Crippen molar-refractivity contribution in [3.63, 3.8) is 0 Å². The zero-order valence-corrected chi connectivity index (χ0v) is 15.4. The maximum absolute atomic E-state index is 12.9. The Morgan fingerprint density at radius 3 is 2.44 bits per heavy atom. The normalized spacial score (nSPS) is 16.8. The molecular formula is C19H21NO4S. The van der Waals surface area contributed by atoms with E-state index >= 15 is 0 Å². The van der Waals surface area contributed by atoms with Crippen LogP contribution in [-0.2, 0) is 0 Å². The second kappa shape index (κ2) is 7.27. The predicted molar refractivity (Wildman–Crippen MR) is 96.9 cm³/mol. The fraction of sp³-hybridized carbons (Fsp3) is 0.368. The van der Waals surface area contributed by atoms with E-state index in [2.05, 4.69) is 0 Å². The van der Waals surface area contributed by atoms with Gasteiger partial charge in [0.05, 0.1) is 30.0 Å². The van der Waals surface area contributed by atoms with Gasteiger partial charge in [0.15, 0.2) is 17.3 Å². The number of hydrogen-bond acceptors (Lipinski definition) is 5. The van der Waals surface area contributed by atoms with Gasteiger partial charge in [-0.05, 0) is 49.6 Å². The van der Waals surface area contributed by atoms with E-state index in [1.54, 1.807) is 26.4 Å². The van der Waals surface area contributed by atoms with Gasteiger partial charge in [-0.1, -0.05) is 6.07 Å². The van der Waals surface area contributed by atoms with Gasteiger partial charge >= 0.3 is 0 Å². The number of likely N-dealkylation sites (tertiary alicyclic amines) is 1. The first-order valence-corrected chi connectivity index (χ1v) is 9.00. The molecule has 2 heterocycles. The van der Waals surface area contributed by atoms with E-state index < -0.39 is 0 Å². The highest BCUT2D eigenvalue weighted by Gasteiger charge is 2.32. The van der Waals surface area contributed by atoms with Crippen molar-refractivity contribution >= 4 is 23.0 Å². The van der Waals surface area contributed by atoms with E-state index in [0.717, 1.165) is 18.4 Å². The van der Waals surface area contributed by atoms with Gasteiger partial charge in [-0.25, -0.2) is 0 Å². The quantitative estimate of drug-likeness (QED) is 0.759. The molecule has 5 nitrogen and oxygen atoms in total. The van der Waals surface area contributed by atoms with E-state index in [4.69, 9.17) is 9.47 Å². The molecule has 1 fully saturated rings. The number of hydrogen-bond donors (Lipinski definition) is 0. The van der Waals surface area contributed by atoms with Crippen molar-refractivity contribution in [1.29, 1.82) is 0 Å². The number of Topliss-reactive ketones (excluding diaryl/α,β-unsaturated/α-hetero) is 1. The van der Waals surface area contributed by atoms with Crippen LogP contribution in [0.1, 0.15) is 50.7 Å². The van der Waals surface area contributed by atoms with Crippen LogP contribution >= 0.6 is 11.3 Å². The van der Waals surface area contributed by atoms with Crippen molar-refractivity contribution in [3.8, 4) is 11.5 Å². The number of rotatable bonds is 5. The minimum Gasteiger partial charge on any atom is -0.493 e. The molecule has 0 aliphatic carbocycles. The average Bonchev–Trinajstić information content (AvgIpc) is 3.30. The summed E-state index contributed by atoms with van der Waals surface area (Å²) in [5.41, 5.74) is 1.03. The van der Waals surface area contributed by atoms with Crippen LogP contribution in [0.3, 0.4) is 0 Å². The van der Waals surface area contributed by atoms with Crippen LogP contribution in [0.15, 0.2) is 30.3 Å². The number of carbonyl (C=O) groups is 2. The van der Waals surface area contributed by atoms with Crippen LogP contribution in [0.2, 0.25) is 0 Å². The van der Waals surface area contributed by atoms with Gasteiger partial charge < -0.3 is 14.4 Å². The maximum atomic E-state index is 12.9. The van der Waals surface area contributed by atoms with Crippen LogP contribution in [0.5, 0.6) is 11.5 Å². The summed E-state index contributed by atoms with van der Waals surface area (Å²) in [7, 11) is 3.21. The molecule has 0 bridgehead atoms. The first-order chi connectivity index (χ1) is 12.0. The topological polar surface area (TPSA) is 55.8 Å². The van der Waals surface area contributed by atoms with Gasteiger partial charge in [-0.2, -0.15) is 0 Å². The Kier molecular flexibility index (Phi) is 5.08. The molecule has 0 saturated carbocycles. The van der Waals surface area contributed by atoms with Crippen molar-refractivity contribution in [3.05, 3.63) is 45.6 Å². The summed E-state index contributed by atoms with van der Waals surface area (Å²) in [6, 6.07) is 9.26. The fourth-order valence-corrected chi connectivity index (χ4v) is 4.06. The van der Waals surface area contributed by atoms with Gasteiger partial charge in [0, 0.05) is 6.54 Å². The molecule has 1 saturated heterocycles. The number of amides is 1. The number of carbonyl (C=O) groups excluding carboxylic acids is 2. The van der Waals surface area contributed by atoms with E-state index in [1.807, 2.05) is 23.1 Å². The number of thiophene rings is 1. The minimum atomic E-state index is -0.0187. The Morgan fingerprint density at radius 1 is 1.08 bits per heavy atom. The van der Waals surface area contributed by atoms with Crippen LogP contribution in [0, 0.1) is 0 Å². The lowest BCUT2D eigenvalue weighted by Gasteiger charge is -2.25. The number of methoxy groups -OCH3 is 2. The highest BCUT2D eigenvalue weighted by molar-refractivity contribution is 7.15. The summed E-state index contributed by atoms with van der Waals surface area (Å²) in [6.45, 7) is 2.23. The highest BCUT2D eigenvalue weighted by Crippen LogP contribution is 2.38. The van der Waals surface area contributed by atoms with Gasteiger partial charge in [0.2, 0.25) is 0 Å². The van der Waals surface area contributed by atoms with Crippen molar-refractivity contribution < 1.29 is 19.1 Å². The molecular weight excluding hydrogens is 338 g/mol. The highest BCUT2D eigenvalue weighted by atomic mass is 32.1. The Morgan fingerprint density at radius 2 is 1.80 bits per heavy atom. The molecule has 1 amide bonds. The summed E-state index contributed by atoms with van der Waals surface area (Å²) < 4.78 is 10.7. The third-order valence-electron chi connectivity index (χ3n) is 4.47. The Labute approximate surface area is 151 Å². The average molecular weight is 359 g/mol. The van der Waals surface area contributed by atoms with Gasteiger partial charge in [-0.3, -0.25) is 9.59 Å². The fourth-order valence-electron chi connectivity index (χ4n) is 3.20. The van der Waals surface area contributed by atoms with Gasteiger partial charge in [0.1, 0.15) is 0 Å². The molecule has 1 atom stereocenters. The third kappa shape index (κ3) is 3.39. The number of benzene rings is 1. The molecule has 25 heavy (non-hydrogen) atoms. The standard InChI is InChI=1S/C19H21NO4S/c1-12(21)17-8-9-18(25-17)19(22)20-10-4-5-14(20)13-6-7-15(23-2)16(11-13)24-3/h6-9,11,14H,4-5,10H2,1-3H3. The summed E-state index contributed by atoms with van der Waals surface area (Å²) in [6.07, 6.45) is 1.86. The smallest absolute Gasteiger partial charge is 0.264 e. The second-order valence-electron chi connectivity index (χ2n) is 5.99. The van der Waals surface area contributed by atoms with Crippen molar-refractivity contribution in [2.75, 3.05) is 20.8 Å². The Bertz CT molecular complexity index is 798. The molecule has 0 N–H and O–H groups in total. The molecule has 132 valence electrons. The number of nitrogens with zero attached hydrogens (tertiary/aromatic N) is 1. The SMILES string of the molecule is COc1ccc(C2CCCN2C(=O)c2ccc(C(C)=O)s2)cc1OC. The van der Waals surface area contributed by atoms with Crippen LogP contribution < -0.4 is 9.47 Å². The summed E-state index contributed by atoms with van der Waals surface area (Å²) in [4.78, 5) is 27.5. The molecule has 1 aliphatic heterocycles. The Balaban J connectivity index is 1.87. The molecule has 0 radical (unpaired) electrons. The first-order valence-electron chi connectivity index (χ1n) is 8.18. The Hall–Kier alpha value is -2.34. The third-order valence-corrected chi connectivity index (χ3v) is 5.64. The van der Waals surface area contributed by atoms with E-state index in [-0.39, 0.29) is 17.7 Å². The van der Waals surface area contributed by atoms with Crippen molar-refractivity contribution in [2.45, 2.75) is 25.8 Å². The van der Waals surface area contributed by atoms with Gasteiger partial charge in [0.25, 0.3) is 5.91 Å². The van der Waals surface area contributed by atoms with Crippen LogP contribution in [-0.4, -0.2) is 37.4 Å². The number of ketones is 1. The lowest BCUT2D eigenvalue weighted by Crippen LogP contribution is -2.30. The van der Waals surface area contributed by atoms with E-state index in [1.165, 1.54) is 18.3 Å². The molecule has 0 spiro atoms. The lowest BCUT2D eigenvalue weighted by atomic mass is 10.0. The van der Waals surface area contributed by atoms with E-state index in [0.29, 0.717) is 27.8 Å². The summed E-state index contributed by atoms with van der Waals surface area (Å²) in [5.74, 6) is 1.30. The molecule has 6 heteroatoms. The largest absolute Gasteiger partial charge is 0.493 e. The molecule has 3 rings (SSSR count). The lowest BCUT2D eigenvalue weighted by molar-refractivity contribution is 0.0740. The van der Waals surface area contributed by atoms with Crippen LogP contribution in [0.25, 0.3) is 0 Å². The van der Waals surface area contributed by atoms with Gasteiger partial charge in [-0.15, -0.1) is 11.3 Å². The van der Waals surface area contributed by atoms with E-state index in [9.17, 15) is 9.59 Å². The van der Waals surface area contributed by atoms with Crippen LogP contribution in [0.4, 0.5) is 0 Å². The molecule has 1 unspecified atom stereocenters.